The van der Waals surface area contributed by atoms with Gasteiger partial charge in [-0.15, -0.1) is 0 Å². The Kier molecular flexibility index (Phi) is 3.85. The summed E-state index contributed by atoms with van der Waals surface area (Å²) in [5, 5.41) is 3.30. The van der Waals surface area contributed by atoms with Crippen LogP contribution in [0.5, 0.6) is 0 Å². The SMILES string of the molecule is COCCNCc1cc(C)nc(C2CC2)n1. The maximum atomic E-state index is 4.98. The minimum absolute atomic E-state index is 0.623. The van der Waals surface area contributed by atoms with Crippen molar-refractivity contribution in [2.45, 2.75) is 32.2 Å². The van der Waals surface area contributed by atoms with Crippen LogP contribution < -0.4 is 5.32 Å². The average Bonchev–Trinajstić information content (AvgIpc) is 3.07. The maximum absolute atomic E-state index is 4.98. The van der Waals surface area contributed by atoms with Crippen LogP contribution in [0, 0.1) is 6.92 Å². The van der Waals surface area contributed by atoms with E-state index in [0.29, 0.717) is 5.92 Å². The zero-order chi connectivity index (χ0) is 11.4. The Labute approximate surface area is 96.4 Å². The monoisotopic (exact) mass is 221 g/mol. The molecule has 88 valence electrons. The molecule has 4 nitrogen and oxygen atoms in total. The van der Waals surface area contributed by atoms with E-state index in [1.165, 1.54) is 12.8 Å². The van der Waals surface area contributed by atoms with Gasteiger partial charge in [0.25, 0.3) is 0 Å². The van der Waals surface area contributed by atoms with Crippen LogP contribution in [-0.2, 0) is 11.3 Å². The van der Waals surface area contributed by atoms with Gasteiger partial charge in [0.15, 0.2) is 0 Å². The number of nitrogens with zero attached hydrogens (tertiary/aromatic N) is 2. The molecule has 0 spiro atoms. The molecular formula is C12H19N3O. The fourth-order valence-corrected chi connectivity index (χ4v) is 1.66. The van der Waals surface area contributed by atoms with E-state index in [1.807, 2.05) is 13.0 Å². The third-order valence-corrected chi connectivity index (χ3v) is 2.66. The number of hydrogen-bond donors (Lipinski definition) is 1. The highest BCUT2D eigenvalue weighted by atomic mass is 16.5. The lowest BCUT2D eigenvalue weighted by atomic mass is 10.3. The summed E-state index contributed by atoms with van der Waals surface area (Å²) in [6.07, 6.45) is 2.50. The van der Waals surface area contributed by atoms with Crippen LogP contribution in [0.3, 0.4) is 0 Å². The Balaban J connectivity index is 1.92. The highest BCUT2D eigenvalue weighted by Gasteiger charge is 2.26. The summed E-state index contributed by atoms with van der Waals surface area (Å²) in [5.74, 6) is 1.65. The van der Waals surface area contributed by atoms with Gasteiger partial charge in [0, 0.05) is 31.8 Å². The molecule has 1 aromatic rings. The van der Waals surface area contributed by atoms with Crippen molar-refractivity contribution < 1.29 is 4.74 Å². The van der Waals surface area contributed by atoms with Crippen LogP contribution in [0.25, 0.3) is 0 Å². The molecule has 0 aliphatic heterocycles. The lowest BCUT2D eigenvalue weighted by Gasteiger charge is -2.06. The first kappa shape index (κ1) is 11.5. The summed E-state index contributed by atoms with van der Waals surface area (Å²) >= 11 is 0. The molecule has 0 amide bonds. The van der Waals surface area contributed by atoms with E-state index in [4.69, 9.17) is 4.74 Å². The van der Waals surface area contributed by atoms with Gasteiger partial charge >= 0.3 is 0 Å². The van der Waals surface area contributed by atoms with Crippen molar-refractivity contribution in [2.75, 3.05) is 20.3 Å². The Morgan fingerprint density at radius 3 is 2.94 bits per heavy atom. The molecule has 2 rings (SSSR count). The highest BCUT2D eigenvalue weighted by Crippen LogP contribution is 2.37. The molecule has 0 bridgehead atoms. The van der Waals surface area contributed by atoms with Crippen molar-refractivity contribution in [2.24, 2.45) is 0 Å². The average molecular weight is 221 g/mol. The van der Waals surface area contributed by atoms with E-state index in [-0.39, 0.29) is 0 Å². The van der Waals surface area contributed by atoms with E-state index in [9.17, 15) is 0 Å². The summed E-state index contributed by atoms with van der Waals surface area (Å²) in [6, 6.07) is 2.05. The first-order chi connectivity index (χ1) is 7.79. The molecule has 0 radical (unpaired) electrons. The Morgan fingerprint density at radius 2 is 2.25 bits per heavy atom. The molecule has 1 aliphatic rings. The Hall–Kier alpha value is -1.00. The topological polar surface area (TPSA) is 47.0 Å². The molecule has 1 fully saturated rings. The third kappa shape index (κ3) is 3.25. The van der Waals surface area contributed by atoms with E-state index in [2.05, 4.69) is 15.3 Å². The number of aryl methyl sites for hydroxylation is 1. The standard InChI is InChI=1S/C12H19N3O/c1-9-7-11(8-13-5-6-16-2)15-12(14-9)10-3-4-10/h7,10,13H,3-6,8H2,1-2H3. The predicted molar refractivity (Wildman–Crippen MR) is 62.3 cm³/mol. The second-order valence-corrected chi connectivity index (χ2v) is 4.30. The maximum Gasteiger partial charge on any atom is 0.131 e. The van der Waals surface area contributed by atoms with Crippen LogP contribution in [0.15, 0.2) is 6.07 Å². The number of aromatic nitrogens is 2. The van der Waals surface area contributed by atoms with E-state index in [1.54, 1.807) is 7.11 Å². The predicted octanol–water partition coefficient (Wildman–Crippen LogP) is 1.40. The lowest BCUT2D eigenvalue weighted by molar-refractivity contribution is 0.199. The first-order valence-corrected chi connectivity index (χ1v) is 5.83. The van der Waals surface area contributed by atoms with Gasteiger partial charge in [-0.1, -0.05) is 0 Å². The van der Waals surface area contributed by atoms with Crippen molar-refractivity contribution in [1.29, 1.82) is 0 Å². The second kappa shape index (κ2) is 5.37. The molecule has 1 N–H and O–H groups in total. The molecule has 4 heteroatoms. The van der Waals surface area contributed by atoms with Crippen molar-refractivity contribution in [3.8, 4) is 0 Å². The van der Waals surface area contributed by atoms with Crippen LogP contribution in [0.1, 0.15) is 36.0 Å². The molecule has 0 aromatic carbocycles. The lowest BCUT2D eigenvalue weighted by Crippen LogP contribution is -2.19. The molecule has 0 saturated heterocycles. The van der Waals surface area contributed by atoms with Crippen LogP contribution in [-0.4, -0.2) is 30.2 Å². The summed E-state index contributed by atoms with van der Waals surface area (Å²) in [5.41, 5.74) is 2.16. The number of nitrogens with one attached hydrogen (secondary N) is 1. The van der Waals surface area contributed by atoms with Crippen molar-refractivity contribution in [3.63, 3.8) is 0 Å². The zero-order valence-electron chi connectivity index (χ0n) is 9.99. The number of methoxy groups -OCH3 is 1. The van der Waals surface area contributed by atoms with Gasteiger partial charge in [-0.2, -0.15) is 0 Å². The largest absolute Gasteiger partial charge is 0.383 e. The third-order valence-electron chi connectivity index (χ3n) is 2.66. The Morgan fingerprint density at radius 1 is 1.44 bits per heavy atom. The van der Waals surface area contributed by atoms with E-state index in [0.717, 1.165) is 36.9 Å². The van der Waals surface area contributed by atoms with Gasteiger partial charge in [-0.25, -0.2) is 9.97 Å². The van der Waals surface area contributed by atoms with Gasteiger partial charge < -0.3 is 10.1 Å². The van der Waals surface area contributed by atoms with Crippen molar-refractivity contribution in [1.82, 2.24) is 15.3 Å². The van der Waals surface area contributed by atoms with Crippen LogP contribution in [0.4, 0.5) is 0 Å². The number of ether oxygens (including phenoxy) is 1. The van der Waals surface area contributed by atoms with Gasteiger partial charge in [0.05, 0.1) is 12.3 Å². The summed E-state index contributed by atoms with van der Waals surface area (Å²) in [4.78, 5) is 9.06. The highest BCUT2D eigenvalue weighted by molar-refractivity contribution is 5.14. The number of hydrogen-bond acceptors (Lipinski definition) is 4. The van der Waals surface area contributed by atoms with Gasteiger partial charge in [-0.3, -0.25) is 0 Å². The molecule has 1 heterocycles. The smallest absolute Gasteiger partial charge is 0.131 e. The first-order valence-electron chi connectivity index (χ1n) is 5.83. The molecule has 0 atom stereocenters. The normalized spacial score (nSPS) is 15.4. The van der Waals surface area contributed by atoms with Crippen molar-refractivity contribution >= 4 is 0 Å². The molecule has 1 aromatic heterocycles. The fraction of sp³-hybridized carbons (Fsp3) is 0.667. The van der Waals surface area contributed by atoms with Crippen molar-refractivity contribution in [3.05, 3.63) is 23.3 Å². The quantitative estimate of drug-likeness (QED) is 0.738. The molecule has 1 saturated carbocycles. The summed E-state index contributed by atoms with van der Waals surface area (Å²) in [6.45, 7) is 4.43. The van der Waals surface area contributed by atoms with Gasteiger partial charge in [0.2, 0.25) is 0 Å². The Bertz CT molecular complexity index is 350. The number of rotatable bonds is 6. The molecule has 16 heavy (non-hydrogen) atoms. The second-order valence-electron chi connectivity index (χ2n) is 4.30. The van der Waals surface area contributed by atoms with Gasteiger partial charge in [0.1, 0.15) is 5.82 Å². The van der Waals surface area contributed by atoms with E-state index >= 15 is 0 Å². The summed E-state index contributed by atoms with van der Waals surface area (Å²) in [7, 11) is 1.71. The minimum atomic E-state index is 0.623. The zero-order valence-corrected chi connectivity index (χ0v) is 9.99. The van der Waals surface area contributed by atoms with Gasteiger partial charge in [-0.05, 0) is 25.8 Å². The minimum Gasteiger partial charge on any atom is -0.383 e. The molecule has 0 unspecified atom stereocenters. The molecular weight excluding hydrogens is 202 g/mol. The summed E-state index contributed by atoms with van der Waals surface area (Å²) < 4.78 is 4.98. The van der Waals surface area contributed by atoms with Crippen LogP contribution >= 0.6 is 0 Å². The van der Waals surface area contributed by atoms with Crippen LogP contribution in [0.2, 0.25) is 0 Å². The van der Waals surface area contributed by atoms with E-state index < -0.39 is 0 Å². The fourth-order valence-electron chi connectivity index (χ4n) is 1.66. The molecule has 1 aliphatic carbocycles.